The average Bonchev–Trinajstić information content (AvgIpc) is 2.60. The number of benzene rings is 2. The van der Waals surface area contributed by atoms with Crippen molar-refractivity contribution in [3.8, 4) is 0 Å². The monoisotopic (exact) mass is 380 g/mol. The van der Waals surface area contributed by atoms with Gasteiger partial charge in [0.15, 0.2) is 0 Å². The van der Waals surface area contributed by atoms with Gasteiger partial charge in [-0.1, -0.05) is 30.3 Å². The predicted molar refractivity (Wildman–Crippen MR) is 92.6 cm³/mol. The molecule has 0 aromatic heterocycles. The number of hydrogen-bond donors (Lipinski definition) is 2. The first-order valence-corrected chi connectivity index (χ1v) is 8.70. The van der Waals surface area contributed by atoms with Gasteiger partial charge >= 0.3 is 6.18 Å². The number of alkyl halides is 3. The standard InChI is InChI=1S/C18H15F3N2O2S/c19-18(20,21)12-6-7-14-13(8-12)23-17(25)15(26-14)9-16(24)22-10-11-4-2-1-3-5-11/h1-8,15H,9-10H2,(H,22,24)(H,23,25). The Hall–Kier alpha value is -2.48. The van der Waals surface area contributed by atoms with Gasteiger partial charge in [0.1, 0.15) is 0 Å². The smallest absolute Gasteiger partial charge is 0.352 e. The lowest BCUT2D eigenvalue weighted by molar-refractivity contribution is -0.137. The quantitative estimate of drug-likeness (QED) is 0.848. The number of carbonyl (C=O) groups is 2. The Balaban J connectivity index is 1.62. The molecule has 1 atom stereocenters. The second-order valence-corrected chi connectivity index (χ2v) is 7.02. The average molecular weight is 380 g/mol. The summed E-state index contributed by atoms with van der Waals surface area (Å²) in [5, 5.41) is 4.52. The summed E-state index contributed by atoms with van der Waals surface area (Å²) >= 11 is 1.09. The molecule has 0 bridgehead atoms. The van der Waals surface area contributed by atoms with E-state index < -0.39 is 22.9 Å². The topological polar surface area (TPSA) is 58.2 Å². The summed E-state index contributed by atoms with van der Waals surface area (Å²) in [5.41, 5.74) is 0.235. The summed E-state index contributed by atoms with van der Waals surface area (Å²) in [5.74, 6) is -0.770. The minimum absolute atomic E-state index is 0.0518. The highest BCUT2D eigenvalue weighted by Crippen LogP contribution is 2.40. The Labute approximate surface area is 152 Å². The van der Waals surface area contributed by atoms with Gasteiger partial charge in [-0.15, -0.1) is 11.8 Å². The number of nitrogens with one attached hydrogen (secondary N) is 2. The molecular weight excluding hydrogens is 365 g/mol. The molecule has 1 unspecified atom stereocenters. The third-order valence-corrected chi connectivity index (χ3v) is 5.10. The van der Waals surface area contributed by atoms with Gasteiger partial charge < -0.3 is 10.6 Å². The number of carbonyl (C=O) groups excluding carboxylic acids is 2. The third kappa shape index (κ3) is 4.37. The molecule has 0 saturated carbocycles. The van der Waals surface area contributed by atoms with Crippen LogP contribution in [0.25, 0.3) is 0 Å². The maximum absolute atomic E-state index is 12.8. The molecule has 2 N–H and O–H groups in total. The van der Waals surface area contributed by atoms with Gasteiger partial charge in [-0.3, -0.25) is 9.59 Å². The lowest BCUT2D eigenvalue weighted by Gasteiger charge is -2.24. The summed E-state index contributed by atoms with van der Waals surface area (Å²) < 4.78 is 38.3. The van der Waals surface area contributed by atoms with Gasteiger partial charge in [0.2, 0.25) is 11.8 Å². The number of thioether (sulfide) groups is 1. The van der Waals surface area contributed by atoms with Crippen LogP contribution in [0.15, 0.2) is 53.4 Å². The molecule has 4 nitrogen and oxygen atoms in total. The van der Waals surface area contributed by atoms with E-state index in [0.717, 1.165) is 29.5 Å². The number of amides is 2. The largest absolute Gasteiger partial charge is 0.416 e. The van der Waals surface area contributed by atoms with Crippen LogP contribution in [0.5, 0.6) is 0 Å². The summed E-state index contributed by atoms with van der Waals surface area (Å²) in [7, 11) is 0. The molecule has 1 heterocycles. The molecular formula is C18H15F3N2O2S. The Kier molecular flexibility index (Phi) is 5.22. The van der Waals surface area contributed by atoms with Crippen molar-refractivity contribution in [2.75, 3.05) is 5.32 Å². The Bertz CT molecular complexity index is 825. The first-order valence-electron chi connectivity index (χ1n) is 7.82. The zero-order valence-corrected chi connectivity index (χ0v) is 14.3. The molecule has 2 aromatic carbocycles. The van der Waals surface area contributed by atoms with Gasteiger partial charge in [-0.25, -0.2) is 0 Å². The zero-order valence-electron chi connectivity index (χ0n) is 13.5. The number of rotatable bonds is 4. The Morgan fingerprint density at radius 3 is 2.58 bits per heavy atom. The minimum Gasteiger partial charge on any atom is -0.352 e. The summed E-state index contributed by atoms with van der Waals surface area (Å²) in [6, 6.07) is 12.5. The van der Waals surface area contributed by atoms with Crippen LogP contribution in [-0.4, -0.2) is 17.1 Å². The fourth-order valence-corrected chi connectivity index (χ4v) is 3.59. The number of hydrogen-bond acceptors (Lipinski definition) is 3. The summed E-state index contributed by atoms with van der Waals surface area (Å²) in [6.07, 6.45) is -4.53. The SMILES string of the molecule is O=C(CC1Sc2ccc(C(F)(F)F)cc2NC1=O)NCc1ccccc1. The molecule has 3 rings (SSSR count). The minimum atomic E-state index is -4.47. The van der Waals surface area contributed by atoms with Crippen molar-refractivity contribution >= 4 is 29.3 Å². The fraction of sp³-hybridized carbons (Fsp3) is 0.222. The fourth-order valence-electron chi connectivity index (χ4n) is 2.50. The van der Waals surface area contributed by atoms with Gasteiger partial charge in [0.25, 0.3) is 0 Å². The Morgan fingerprint density at radius 1 is 1.15 bits per heavy atom. The molecule has 0 radical (unpaired) electrons. The molecule has 26 heavy (non-hydrogen) atoms. The van der Waals surface area contributed by atoms with Gasteiger partial charge in [-0.2, -0.15) is 13.2 Å². The van der Waals surface area contributed by atoms with Crippen LogP contribution < -0.4 is 10.6 Å². The Morgan fingerprint density at radius 2 is 1.88 bits per heavy atom. The number of anilines is 1. The molecule has 2 amide bonds. The van der Waals surface area contributed by atoms with Crippen molar-refractivity contribution in [2.45, 2.75) is 29.3 Å². The van der Waals surface area contributed by atoms with E-state index >= 15 is 0 Å². The van der Waals surface area contributed by atoms with Gasteiger partial charge in [0, 0.05) is 17.9 Å². The van der Waals surface area contributed by atoms with E-state index in [1.165, 1.54) is 6.07 Å². The first kappa shape index (κ1) is 18.3. The second kappa shape index (κ2) is 7.41. The molecule has 1 aliphatic rings. The van der Waals surface area contributed by atoms with E-state index in [9.17, 15) is 22.8 Å². The van der Waals surface area contributed by atoms with Crippen molar-refractivity contribution < 1.29 is 22.8 Å². The van der Waals surface area contributed by atoms with E-state index in [4.69, 9.17) is 0 Å². The second-order valence-electron chi connectivity index (χ2n) is 5.77. The van der Waals surface area contributed by atoms with Crippen molar-refractivity contribution in [2.24, 2.45) is 0 Å². The van der Waals surface area contributed by atoms with E-state index in [2.05, 4.69) is 10.6 Å². The van der Waals surface area contributed by atoms with Crippen LogP contribution in [0.3, 0.4) is 0 Å². The van der Waals surface area contributed by atoms with Crippen LogP contribution in [0.1, 0.15) is 17.5 Å². The highest BCUT2D eigenvalue weighted by Gasteiger charge is 2.34. The highest BCUT2D eigenvalue weighted by molar-refractivity contribution is 8.01. The van der Waals surface area contributed by atoms with Crippen molar-refractivity contribution in [1.82, 2.24) is 5.32 Å². The molecule has 0 fully saturated rings. The summed E-state index contributed by atoms with van der Waals surface area (Å²) in [4.78, 5) is 24.7. The predicted octanol–water partition coefficient (Wildman–Crippen LogP) is 3.82. The van der Waals surface area contributed by atoms with Crippen LogP contribution in [0.4, 0.5) is 18.9 Å². The van der Waals surface area contributed by atoms with Crippen molar-refractivity contribution in [1.29, 1.82) is 0 Å². The number of fused-ring (bicyclic) bond motifs is 1. The van der Waals surface area contributed by atoms with Crippen LogP contribution in [-0.2, 0) is 22.3 Å². The third-order valence-electron chi connectivity index (χ3n) is 3.83. The zero-order chi connectivity index (χ0) is 18.7. The lowest BCUT2D eigenvalue weighted by atomic mass is 10.1. The lowest BCUT2D eigenvalue weighted by Crippen LogP contribution is -2.34. The van der Waals surface area contributed by atoms with E-state index in [1.807, 2.05) is 30.3 Å². The molecule has 136 valence electrons. The molecule has 8 heteroatoms. The molecule has 0 spiro atoms. The summed E-state index contributed by atoms with van der Waals surface area (Å²) in [6.45, 7) is 0.351. The van der Waals surface area contributed by atoms with Crippen LogP contribution >= 0.6 is 11.8 Å². The normalized spacial score (nSPS) is 16.6. The number of halogens is 3. The van der Waals surface area contributed by atoms with Crippen LogP contribution in [0.2, 0.25) is 0 Å². The van der Waals surface area contributed by atoms with E-state index in [0.29, 0.717) is 11.4 Å². The highest BCUT2D eigenvalue weighted by atomic mass is 32.2. The molecule has 0 aliphatic carbocycles. The maximum Gasteiger partial charge on any atom is 0.416 e. The van der Waals surface area contributed by atoms with Crippen molar-refractivity contribution in [3.05, 3.63) is 59.7 Å². The first-order chi connectivity index (χ1) is 12.3. The molecule has 1 aliphatic heterocycles. The van der Waals surface area contributed by atoms with Crippen molar-refractivity contribution in [3.63, 3.8) is 0 Å². The van der Waals surface area contributed by atoms with E-state index in [-0.39, 0.29) is 18.0 Å². The maximum atomic E-state index is 12.8. The molecule has 2 aromatic rings. The van der Waals surface area contributed by atoms with E-state index in [1.54, 1.807) is 0 Å². The van der Waals surface area contributed by atoms with Crippen LogP contribution in [0, 0.1) is 0 Å². The van der Waals surface area contributed by atoms with Gasteiger partial charge in [0.05, 0.1) is 16.5 Å². The molecule has 0 saturated heterocycles. The van der Waals surface area contributed by atoms with Gasteiger partial charge in [-0.05, 0) is 23.8 Å².